The molecular formula is C15H16. The second kappa shape index (κ2) is 3.90. The smallest absolute Gasteiger partial charge is 0.0148 e. The van der Waals surface area contributed by atoms with E-state index in [-0.39, 0.29) is 0 Å². The summed E-state index contributed by atoms with van der Waals surface area (Å²) < 4.78 is 0. The third kappa shape index (κ3) is 1.56. The van der Waals surface area contributed by atoms with Gasteiger partial charge >= 0.3 is 0 Å². The van der Waals surface area contributed by atoms with E-state index in [1.807, 2.05) is 0 Å². The molecule has 0 unspecified atom stereocenters. The molecule has 0 aliphatic heterocycles. The number of fused-ring (bicyclic) bond motifs is 1. The van der Waals surface area contributed by atoms with Crippen molar-refractivity contribution in [1.82, 2.24) is 0 Å². The van der Waals surface area contributed by atoms with Gasteiger partial charge in [0.1, 0.15) is 0 Å². The van der Waals surface area contributed by atoms with Crippen LogP contribution in [0.4, 0.5) is 0 Å². The monoisotopic (exact) mass is 196 g/mol. The largest absolute Gasteiger partial charge is 0.0798 e. The Morgan fingerprint density at radius 2 is 1.73 bits per heavy atom. The highest BCUT2D eigenvalue weighted by atomic mass is 14.0. The van der Waals surface area contributed by atoms with Gasteiger partial charge in [0.05, 0.1) is 0 Å². The minimum atomic E-state index is 1.33. The number of aryl methyl sites for hydroxylation is 1. The molecule has 0 heteroatoms. The van der Waals surface area contributed by atoms with E-state index in [2.05, 4.69) is 63.3 Å². The Morgan fingerprint density at radius 3 is 2.40 bits per heavy atom. The van der Waals surface area contributed by atoms with Gasteiger partial charge in [0.15, 0.2) is 0 Å². The maximum atomic E-state index is 2.26. The van der Waals surface area contributed by atoms with Gasteiger partial charge in [-0.3, -0.25) is 0 Å². The quantitative estimate of drug-likeness (QED) is 0.608. The van der Waals surface area contributed by atoms with Crippen molar-refractivity contribution in [2.75, 3.05) is 0 Å². The van der Waals surface area contributed by atoms with Crippen molar-refractivity contribution in [3.05, 3.63) is 46.3 Å². The van der Waals surface area contributed by atoms with Crippen LogP contribution < -0.4 is 10.4 Å². The average Bonchev–Trinajstić information content (AvgIpc) is 2.29. The van der Waals surface area contributed by atoms with E-state index < -0.39 is 0 Å². The Hall–Kier alpha value is -1.56. The van der Waals surface area contributed by atoms with Gasteiger partial charge in [0.25, 0.3) is 0 Å². The number of rotatable bonds is 0. The molecule has 0 heterocycles. The fraction of sp³-hybridized carbons (Fsp3) is 0.200. The lowest BCUT2D eigenvalue weighted by atomic mass is 10.0. The van der Waals surface area contributed by atoms with Crippen LogP contribution in [0.1, 0.15) is 19.4 Å². The first-order chi connectivity index (χ1) is 7.27. The van der Waals surface area contributed by atoms with Crippen molar-refractivity contribution in [2.24, 2.45) is 0 Å². The van der Waals surface area contributed by atoms with Gasteiger partial charge in [0.2, 0.25) is 0 Å². The van der Waals surface area contributed by atoms with Crippen LogP contribution in [0.5, 0.6) is 0 Å². The third-order valence-electron chi connectivity index (χ3n) is 2.99. The van der Waals surface area contributed by atoms with Crippen LogP contribution in [0, 0.1) is 6.92 Å². The topological polar surface area (TPSA) is 0 Å². The third-order valence-corrected chi connectivity index (χ3v) is 2.99. The molecule has 0 spiro atoms. The summed E-state index contributed by atoms with van der Waals surface area (Å²) in [5.41, 5.74) is 1.38. The van der Waals surface area contributed by atoms with E-state index in [9.17, 15) is 0 Å². The first-order valence-corrected chi connectivity index (χ1v) is 5.39. The van der Waals surface area contributed by atoms with Crippen molar-refractivity contribution in [1.29, 1.82) is 0 Å². The predicted molar refractivity (Wildman–Crippen MR) is 68.2 cm³/mol. The molecule has 0 radical (unpaired) electrons. The molecule has 76 valence electrons. The minimum absolute atomic E-state index is 1.33. The van der Waals surface area contributed by atoms with Gasteiger partial charge in [-0.25, -0.2) is 0 Å². The number of benzene rings is 2. The zero-order valence-corrected chi connectivity index (χ0v) is 9.54. The summed E-state index contributed by atoms with van der Waals surface area (Å²) in [7, 11) is 0. The predicted octanol–water partition coefficient (Wildman–Crippen LogP) is 2.75. The summed E-state index contributed by atoms with van der Waals surface area (Å²) in [6.07, 6.45) is 4.37. The van der Waals surface area contributed by atoms with Gasteiger partial charge in [-0.15, -0.1) is 0 Å². The Bertz CT molecular complexity index is 604. The van der Waals surface area contributed by atoms with Crippen LogP contribution in [0.25, 0.3) is 22.9 Å². The summed E-state index contributed by atoms with van der Waals surface area (Å²) in [5, 5.41) is 5.37. The molecular weight excluding hydrogens is 180 g/mol. The van der Waals surface area contributed by atoms with Crippen molar-refractivity contribution in [2.45, 2.75) is 20.8 Å². The molecule has 0 nitrogen and oxygen atoms in total. The second-order valence-electron chi connectivity index (χ2n) is 3.80. The molecule has 2 rings (SSSR count). The molecule has 0 aliphatic carbocycles. The van der Waals surface area contributed by atoms with Crippen molar-refractivity contribution in [3.63, 3.8) is 0 Å². The van der Waals surface area contributed by atoms with E-state index >= 15 is 0 Å². The number of hydrogen-bond acceptors (Lipinski definition) is 0. The van der Waals surface area contributed by atoms with E-state index in [1.165, 1.54) is 26.8 Å². The normalized spacial score (nSPS) is 13.8. The van der Waals surface area contributed by atoms with Gasteiger partial charge in [-0.05, 0) is 53.6 Å². The van der Waals surface area contributed by atoms with Crippen LogP contribution >= 0.6 is 0 Å². The Balaban J connectivity index is 3.09. The summed E-state index contributed by atoms with van der Waals surface area (Å²) in [5.74, 6) is 0. The zero-order chi connectivity index (χ0) is 10.8. The first-order valence-electron chi connectivity index (χ1n) is 5.39. The molecule has 2 aromatic carbocycles. The SMILES string of the molecule is C/C=c1/cc2ccccc2c(C)/c1=C/C. The molecule has 0 bridgehead atoms. The second-order valence-corrected chi connectivity index (χ2v) is 3.80. The lowest BCUT2D eigenvalue weighted by Gasteiger charge is -2.03. The Morgan fingerprint density at radius 1 is 1.00 bits per heavy atom. The summed E-state index contributed by atoms with van der Waals surface area (Å²) in [6, 6.07) is 10.8. The van der Waals surface area contributed by atoms with E-state index in [0.29, 0.717) is 0 Å². The Labute approximate surface area is 90.6 Å². The minimum Gasteiger partial charge on any atom is -0.0798 e. The molecule has 15 heavy (non-hydrogen) atoms. The molecule has 0 saturated heterocycles. The maximum absolute atomic E-state index is 2.26. The van der Waals surface area contributed by atoms with Crippen molar-refractivity contribution in [3.8, 4) is 0 Å². The maximum Gasteiger partial charge on any atom is -0.0148 e. The fourth-order valence-electron chi connectivity index (χ4n) is 2.19. The standard InChI is InChI=1S/C15H16/c1-4-12-10-13-8-6-7-9-15(13)11(3)14(12)5-2/h4-10H,1-3H3/b12-4-,14-5-. The van der Waals surface area contributed by atoms with E-state index in [4.69, 9.17) is 0 Å². The summed E-state index contributed by atoms with van der Waals surface area (Å²) in [4.78, 5) is 0. The van der Waals surface area contributed by atoms with Crippen molar-refractivity contribution < 1.29 is 0 Å². The first kappa shape index (κ1) is 9.97. The Kier molecular flexibility index (Phi) is 2.59. The zero-order valence-electron chi connectivity index (χ0n) is 9.54. The number of hydrogen-bond donors (Lipinski definition) is 0. The fourth-order valence-corrected chi connectivity index (χ4v) is 2.19. The van der Waals surface area contributed by atoms with Gasteiger partial charge in [0, 0.05) is 0 Å². The van der Waals surface area contributed by atoms with Gasteiger partial charge in [-0.2, -0.15) is 0 Å². The van der Waals surface area contributed by atoms with Crippen LogP contribution in [0.3, 0.4) is 0 Å². The van der Waals surface area contributed by atoms with Crippen LogP contribution in [-0.4, -0.2) is 0 Å². The highest BCUT2D eigenvalue weighted by Crippen LogP contribution is 2.12. The molecule has 0 aliphatic rings. The molecule has 2 aromatic rings. The van der Waals surface area contributed by atoms with Crippen molar-refractivity contribution >= 4 is 22.9 Å². The molecule has 0 N–H and O–H groups in total. The summed E-state index contributed by atoms with van der Waals surface area (Å²) in [6.45, 7) is 6.39. The highest BCUT2D eigenvalue weighted by Gasteiger charge is 1.98. The van der Waals surface area contributed by atoms with Gasteiger partial charge < -0.3 is 0 Å². The van der Waals surface area contributed by atoms with Crippen LogP contribution in [0.15, 0.2) is 30.3 Å². The van der Waals surface area contributed by atoms with Crippen LogP contribution in [-0.2, 0) is 0 Å². The lowest BCUT2D eigenvalue weighted by molar-refractivity contribution is 1.40. The molecule has 0 atom stereocenters. The average molecular weight is 196 g/mol. The highest BCUT2D eigenvalue weighted by molar-refractivity contribution is 5.86. The van der Waals surface area contributed by atoms with Crippen LogP contribution in [0.2, 0.25) is 0 Å². The molecule has 0 fully saturated rings. The molecule has 0 aromatic heterocycles. The summed E-state index contributed by atoms with van der Waals surface area (Å²) >= 11 is 0. The molecule has 0 amide bonds. The van der Waals surface area contributed by atoms with E-state index in [1.54, 1.807) is 0 Å². The lowest BCUT2D eigenvalue weighted by Crippen LogP contribution is -2.26. The van der Waals surface area contributed by atoms with E-state index in [0.717, 1.165) is 0 Å². The molecule has 0 saturated carbocycles. The van der Waals surface area contributed by atoms with Gasteiger partial charge in [-0.1, -0.05) is 36.4 Å².